The van der Waals surface area contributed by atoms with E-state index in [4.69, 9.17) is 10.00 Å². The van der Waals surface area contributed by atoms with Gasteiger partial charge in [-0.25, -0.2) is 0 Å². The molecule has 0 spiro atoms. The number of hydrogen-bond acceptors (Lipinski definition) is 2. The molecule has 2 rings (SSSR count). The third-order valence-corrected chi connectivity index (χ3v) is 3.12. The van der Waals surface area contributed by atoms with Crippen LogP contribution in [-0.4, -0.2) is 7.11 Å². The maximum Gasteiger partial charge on any atom is 0.122 e. The fourth-order valence-corrected chi connectivity index (χ4v) is 2.37. The Morgan fingerprint density at radius 1 is 1.44 bits per heavy atom. The van der Waals surface area contributed by atoms with Gasteiger partial charge in [-0.3, -0.25) is 0 Å². The van der Waals surface area contributed by atoms with Crippen LogP contribution >= 0.6 is 0 Å². The second kappa shape index (κ2) is 4.40. The van der Waals surface area contributed by atoms with Gasteiger partial charge >= 0.3 is 0 Å². The van der Waals surface area contributed by atoms with Crippen molar-refractivity contribution in [3.05, 3.63) is 34.9 Å². The zero-order valence-corrected chi connectivity index (χ0v) is 9.71. The molecule has 1 aliphatic carbocycles. The average molecular weight is 213 g/mol. The molecule has 82 valence electrons. The summed E-state index contributed by atoms with van der Waals surface area (Å²) < 4.78 is 5.33. The Labute approximate surface area is 96.2 Å². The Balaban J connectivity index is 2.56. The second-order valence-corrected chi connectivity index (χ2v) is 4.03. The fourth-order valence-electron chi connectivity index (χ4n) is 2.37. The highest BCUT2D eigenvalue weighted by atomic mass is 16.5. The number of nitrogens with zero attached hydrogens (tertiary/aromatic N) is 1. The van der Waals surface area contributed by atoms with E-state index in [-0.39, 0.29) is 0 Å². The lowest BCUT2D eigenvalue weighted by Gasteiger charge is -2.20. The highest BCUT2D eigenvalue weighted by molar-refractivity contribution is 5.75. The van der Waals surface area contributed by atoms with E-state index in [1.54, 1.807) is 7.11 Å². The van der Waals surface area contributed by atoms with Crippen LogP contribution in [-0.2, 0) is 6.42 Å². The Morgan fingerprint density at radius 3 is 2.94 bits per heavy atom. The molecule has 0 bridgehead atoms. The topological polar surface area (TPSA) is 33.0 Å². The third kappa shape index (κ3) is 1.69. The lowest BCUT2D eigenvalue weighted by atomic mass is 9.86. The molecule has 0 atom stereocenters. The summed E-state index contributed by atoms with van der Waals surface area (Å²) in [5.41, 5.74) is 4.87. The first-order chi connectivity index (χ1) is 7.77. The van der Waals surface area contributed by atoms with Crippen molar-refractivity contribution >= 4 is 5.57 Å². The van der Waals surface area contributed by atoms with Crippen LogP contribution in [0.5, 0.6) is 5.75 Å². The van der Waals surface area contributed by atoms with E-state index >= 15 is 0 Å². The molecule has 2 heteroatoms. The summed E-state index contributed by atoms with van der Waals surface area (Å²) in [4.78, 5) is 0. The molecule has 0 saturated carbocycles. The van der Waals surface area contributed by atoms with E-state index in [9.17, 15) is 0 Å². The van der Waals surface area contributed by atoms with Gasteiger partial charge in [0.25, 0.3) is 0 Å². The van der Waals surface area contributed by atoms with E-state index < -0.39 is 0 Å². The van der Waals surface area contributed by atoms with Gasteiger partial charge in [-0.05, 0) is 48.1 Å². The summed E-state index contributed by atoms with van der Waals surface area (Å²) in [6, 6.07) is 6.37. The molecule has 2 nitrogen and oxygen atoms in total. The van der Waals surface area contributed by atoms with E-state index in [0.29, 0.717) is 6.42 Å². The lowest BCUT2D eigenvalue weighted by molar-refractivity contribution is 0.411. The third-order valence-electron chi connectivity index (χ3n) is 3.12. The highest BCUT2D eigenvalue weighted by Crippen LogP contribution is 2.35. The number of ether oxygens (including phenoxy) is 1. The van der Waals surface area contributed by atoms with E-state index in [1.165, 1.54) is 11.1 Å². The molecule has 0 unspecified atom stereocenters. The number of rotatable bonds is 2. The number of methoxy groups -OCH3 is 1. The summed E-state index contributed by atoms with van der Waals surface area (Å²) in [5, 5.41) is 8.84. The van der Waals surface area contributed by atoms with Crippen LogP contribution in [0, 0.1) is 18.3 Å². The van der Waals surface area contributed by atoms with Gasteiger partial charge < -0.3 is 4.74 Å². The normalized spacial score (nSPS) is 13.7. The van der Waals surface area contributed by atoms with Gasteiger partial charge in [0.15, 0.2) is 0 Å². The number of fused-ring (bicyclic) bond motifs is 1. The van der Waals surface area contributed by atoms with Crippen LogP contribution in [0.4, 0.5) is 0 Å². The summed E-state index contributed by atoms with van der Waals surface area (Å²) in [6.07, 6.45) is 4.77. The van der Waals surface area contributed by atoms with Crippen LogP contribution in [0.25, 0.3) is 5.57 Å². The van der Waals surface area contributed by atoms with E-state index in [0.717, 1.165) is 29.7 Å². The molecule has 0 aromatic heterocycles. The molecule has 0 N–H and O–H groups in total. The first-order valence-electron chi connectivity index (χ1n) is 5.50. The number of allylic oxidation sites excluding steroid dienone is 2. The van der Waals surface area contributed by atoms with Gasteiger partial charge in [-0.15, -0.1) is 0 Å². The van der Waals surface area contributed by atoms with Crippen LogP contribution in [0.1, 0.15) is 29.5 Å². The maximum absolute atomic E-state index is 8.84. The molecule has 0 fully saturated rings. The van der Waals surface area contributed by atoms with Crippen molar-refractivity contribution < 1.29 is 4.74 Å². The minimum Gasteiger partial charge on any atom is -0.496 e. The zero-order valence-electron chi connectivity index (χ0n) is 9.71. The average Bonchev–Trinajstić information content (AvgIpc) is 2.30. The smallest absolute Gasteiger partial charge is 0.122 e. The minimum atomic E-state index is 0.487. The summed E-state index contributed by atoms with van der Waals surface area (Å²) in [6.45, 7) is 2.06. The molecule has 1 aromatic carbocycles. The molecule has 1 aromatic rings. The second-order valence-electron chi connectivity index (χ2n) is 4.03. The van der Waals surface area contributed by atoms with Crippen molar-refractivity contribution in [1.82, 2.24) is 0 Å². The standard InChI is InChI=1S/C14H15NO/c1-10-13(16-2)7-6-11-4-3-5-12(8-9-15)14(10)11/h5-7H,3-4,8H2,1-2H3. The van der Waals surface area contributed by atoms with Crippen molar-refractivity contribution in [3.63, 3.8) is 0 Å². The number of aryl methyl sites for hydroxylation is 1. The van der Waals surface area contributed by atoms with Gasteiger partial charge in [-0.2, -0.15) is 5.26 Å². The van der Waals surface area contributed by atoms with Crippen molar-refractivity contribution in [3.8, 4) is 11.8 Å². The van der Waals surface area contributed by atoms with Gasteiger partial charge in [0.2, 0.25) is 0 Å². The Hall–Kier alpha value is -1.75. The molecule has 16 heavy (non-hydrogen) atoms. The molecule has 0 amide bonds. The quantitative estimate of drug-likeness (QED) is 0.755. The predicted molar refractivity (Wildman–Crippen MR) is 64.3 cm³/mol. The first-order valence-corrected chi connectivity index (χ1v) is 5.50. The zero-order chi connectivity index (χ0) is 11.5. The van der Waals surface area contributed by atoms with Crippen LogP contribution in [0.15, 0.2) is 18.2 Å². The molecule has 0 saturated heterocycles. The minimum absolute atomic E-state index is 0.487. The van der Waals surface area contributed by atoms with E-state index in [2.05, 4.69) is 25.1 Å². The van der Waals surface area contributed by atoms with Crippen molar-refractivity contribution in [1.29, 1.82) is 5.26 Å². The Kier molecular flexibility index (Phi) is 2.96. The SMILES string of the molecule is COc1ccc2c(c1C)C(CC#N)=CCC2. The van der Waals surface area contributed by atoms with Gasteiger partial charge in [0.1, 0.15) is 5.75 Å². The number of hydrogen-bond donors (Lipinski definition) is 0. The molecule has 1 aliphatic rings. The van der Waals surface area contributed by atoms with E-state index in [1.807, 2.05) is 6.07 Å². The monoisotopic (exact) mass is 213 g/mol. The highest BCUT2D eigenvalue weighted by Gasteiger charge is 2.17. The lowest BCUT2D eigenvalue weighted by Crippen LogP contribution is -2.03. The fraction of sp³-hybridized carbons (Fsp3) is 0.357. The summed E-state index contributed by atoms with van der Waals surface area (Å²) in [5.74, 6) is 0.907. The molecule has 0 heterocycles. The van der Waals surface area contributed by atoms with Crippen molar-refractivity contribution in [2.24, 2.45) is 0 Å². The summed E-state index contributed by atoms with van der Waals surface area (Å²) >= 11 is 0. The summed E-state index contributed by atoms with van der Waals surface area (Å²) in [7, 11) is 1.69. The molecular weight excluding hydrogens is 198 g/mol. The maximum atomic E-state index is 8.84. The molecular formula is C14H15NO. The first kappa shape index (κ1) is 10.8. The largest absolute Gasteiger partial charge is 0.496 e. The van der Waals surface area contributed by atoms with Crippen LogP contribution in [0.2, 0.25) is 0 Å². The molecule has 0 aliphatic heterocycles. The Bertz CT molecular complexity index is 480. The molecule has 0 radical (unpaired) electrons. The van der Waals surface area contributed by atoms with Crippen LogP contribution in [0.3, 0.4) is 0 Å². The van der Waals surface area contributed by atoms with Gasteiger partial charge in [0.05, 0.1) is 19.6 Å². The van der Waals surface area contributed by atoms with Crippen molar-refractivity contribution in [2.75, 3.05) is 7.11 Å². The van der Waals surface area contributed by atoms with Gasteiger partial charge in [-0.1, -0.05) is 12.1 Å². The van der Waals surface area contributed by atoms with Crippen LogP contribution < -0.4 is 4.74 Å². The number of benzene rings is 1. The van der Waals surface area contributed by atoms with Gasteiger partial charge in [0, 0.05) is 0 Å². The van der Waals surface area contributed by atoms with Crippen molar-refractivity contribution in [2.45, 2.75) is 26.2 Å². The predicted octanol–water partition coefficient (Wildman–Crippen LogP) is 3.25. The number of nitriles is 1. The Morgan fingerprint density at radius 2 is 2.25 bits per heavy atom.